The van der Waals surface area contributed by atoms with Crippen molar-refractivity contribution in [3.05, 3.63) is 23.3 Å². The molecule has 18 heavy (non-hydrogen) atoms. The van der Waals surface area contributed by atoms with Crippen molar-refractivity contribution in [1.29, 1.82) is 0 Å². The molecule has 0 aromatic carbocycles. The van der Waals surface area contributed by atoms with Crippen molar-refractivity contribution in [3.8, 4) is 0 Å². The maximum atomic E-state index is 10.4. The number of carbonyl (C=O) groups is 2. The second-order valence-electron chi connectivity index (χ2n) is 4.14. The van der Waals surface area contributed by atoms with Gasteiger partial charge in [-0.3, -0.25) is 0 Å². The molecular weight excluding hydrogens is 234 g/mol. The van der Waals surface area contributed by atoms with E-state index in [1.165, 1.54) is 0 Å². The third-order valence-electron chi connectivity index (χ3n) is 2.41. The first-order valence-electron chi connectivity index (χ1n) is 5.57. The van der Waals surface area contributed by atoms with Gasteiger partial charge in [-0.05, 0) is 41.8 Å². The van der Waals surface area contributed by atoms with Crippen molar-refractivity contribution < 1.29 is 19.8 Å². The molecule has 0 fully saturated rings. The molecule has 0 saturated carbocycles. The largest absolute Gasteiger partial charge is 0.478 e. The van der Waals surface area contributed by atoms with E-state index in [9.17, 15) is 9.59 Å². The van der Waals surface area contributed by atoms with Gasteiger partial charge in [0.15, 0.2) is 0 Å². The average Bonchev–Trinajstić information content (AvgIpc) is 2.28. The third kappa shape index (κ3) is 9.59. The molecule has 1 unspecified atom stereocenters. The van der Waals surface area contributed by atoms with Crippen molar-refractivity contribution >= 4 is 11.9 Å². The van der Waals surface area contributed by atoms with E-state index < -0.39 is 11.9 Å². The lowest BCUT2D eigenvalue weighted by Crippen LogP contribution is -2.23. The van der Waals surface area contributed by atoms with Crippen LogP contribution in [0.4, 0.5) is 0 Å². The van der Waals surface area contributed by atoms with Gasteiger partial charge >= 0.3 is 11.9 Å². The van der Waals surface area contributed by atoms with Crippen molar-refractivity contribution in [2.45, 2.75) is 33.7 Å². The zero-order valence-electron chi connectivity index (χ0n) is 11.9. The molecule has 5 heteroatoms. The van der Waals surface area contributed by atoms with Gasteiger partial charge in [-0.2, -0.15) is 0 Å². The molecule has 0 aromatic heterocycles. The fourth-order valence-electron chi connectivity index (χ4n) is 0.706. The standard InChI is InChI=1S/C8H15NO2.C5H8O2/c1-6(8(10)11)5-7(2)9(3)4;1-3-4(2)5(6)7/h5,7H,1-4H3,(H,10,11);3H,1-2H3,(H,6,7). The topological polar surface area (TPSA) is 77.8 Å². The van der Waals surface area contributed by atoms with Crippen LogP contribution in [0.1, 0.15) is 27.7 Å². The molecule has 104 valence electrons. The molecule has 0 heterocycles. The number of allylic oxidation sites excluding steroid dienone is 1. The van der Waals surface area contributed by atoms with E-state index >= 15 is 0 Å². The minimum absolute atomic E-state index is 0.172. The Labute approximate surface area is 108 Å². The van der Waals surface area contributed by atoms with Gasteiger partial charge in [0, 0.05) is 17.2 Å². The summed E-state index contributed by atoms with van der Waals surface area (Å²) in [5.41, 5.74) is 0.784. The highest BCUT2D eigenvalue weighted by molar-refractivity contribution is 5.86. The first-order valence-corrected chi connectivity index (χ1v) is 5.57. The maximum absolute atomic E-state index is 10.4. The van der Waals surface area contributed by atoms with Crippen LogP contribution in [0.15, 0.2) is 23.3 Å². The van der Waals surface area contributed by atoms with Gasteiger partial charge in [0.2, 0.25) is 0 Å². The Morgan fingerprint density at radius 2 is 1.44 bits per heavy atom. The second kappa shape index (κ2) is 9.41. The molecule has 1 atom stereocenters. The Bertz CT molecular complexity index is 343. The smallest absolute Gasteiger partial charge is 0.331 e. The molecule has 0 radical (unpaired) electrons. The van der Waals surface area contributed by atoms with Crippen molar-refractivity contribution in [2.24, 2.45) is 0 Å². The second-order valence-corrected chi connectivity index (χ2v) is 4.14. The average molecular weight is 257 g/mol. The Kier molecular flexibility index (Phi) is 9.80. The lowest BCUT2D eigenvalue weighted by atomic mass is 10.2. The number of aliphatic carboxylic acids is 2. The third-order valence-corrected chi connectivity index (χ3v) is 2.41. The predicted octanol–water partition coefficient (Wildman–Crippen LogP) is 2.00. The predicted molar refractivity (Wildman–Crippen MR) is 71.6 cm³/mol. The summed E-state index contributed by atoms with van der Waals surface area (Å²) in [7, 11) is 3.83. The van der Waals surface area contributed by atoms with Crippen LogP contribution in [-0.4, -0.2) is 47.2 Å². The van der Waals surface area contributed by atoms with E-state index in [0.29, 0.717) is 11.1 Å². The summed E-state index contributed by atoms with van der Waals surface area (Å²) in [6.07, 6.45) is 3.28. The number of hydrogen-bond acceptors (Lipinski definition) is 3. The van der Waals surface area contributed by atoms with Gasteiger partial charge in [-0.1, -0.05) is 12.2 Å². The van der Waals surface area contributed by atoms with Crippen molar-refractivity contribution in [3.63, 3.8) is 0 Å². The zero-order chi connectivity index (χ0) is 14.9. The Morgan fingerprint density at radius 1 is 1.06 bits per heavy atom. The molecule has 0 rings (SSSR count). The van der Waals surface area contributed by atoms with Gasteiger partial charge in [0.25, 0.3) is 0 Å². The normalized spacial score (nSPS) is 13.7. The van der Waals surface area contributed by atoms with Gasteiger partial charge in [0.1, 0.15) is 0 Å². The van der Waals surface area contributed by atoms with Crippen molar-refractivity contribution in [1.82, 2.24) is 4.90 Å². The highest BCUT2D eigenvalue weighted by Gasteiger charge is 2.04. The molecule has 2 N–H and O–H groups in total. The van der Waals surface area contributed by atoms with Crippen LogP contribution in [0.3, 0.4) is 0 Å². The number of rotatable bonds is 4. The van der Waals surface area contributed by atoms with Crippen LogP contribution in [-0.2, 0) is 9.59 Å². The number of likely N-dealkylation sites (N-methyl/N-ethyl adjacent to an activating group) is 1. The summed E-state index contributed by atoms with van der Waals surface area (Å²) >= 11 is 0. The van der Waals surface area contributed by atoms with Crippen LogP contribution in [0, 0.1) is 0 Å². The molecule has 0 aromatic rings. The van der Waals surface area contributed by atoms with Crippen LogP contribution < -0.4 is 0 Å². The van der Waals surface area contributed by atoms with E-state index in [1.807, 2.05) is 25.9 Å². The lowest BCUT2D eigenvalue weighted by molar-refractivity contribution is -0.133. The maximum Gasteiger partial charge on any atom is 0.331 e. The summed E-state index contributed by atoms with van der Waals surface area (Å²) in [6.45, 7) is 6.81. The molecule has 0 amide bonds. The minimum Gasteiger partial charge on any atom is -0.478 e. The highest BCUT2D eigenvalue weighted by Crippen LogP contribution is 1.99. The summed E-state index contributed by atoms with van der Waals surface area (Å²) in [5, 5.41) is 16.6. The fourth-order valence-corrected chi connectivity index (χ4v) is 0.706. The molecule has 0 aliphatic heterocycles. The Balaban J connectivity index is 0. The van der Waals surface area contributed by atoms with Gasteiger partial charge < -0.3 is 15.1 Å². The number of carboxylic acid groups (broad SMARTS) is 2. The fraction of sp³-hybridized carbons (Fsp3) is 0.538. The van der Waals surface area contributed by atoms with E-state index in [0.717, 1.165) is 0 Å². The summed E-state index contributed by atoms with van der Waals surface area (Å²) in [5.74, 6) is -1.69. The van der Waals surface area contributed by atoms with Crippen LogP contribution in [0.25, 0.3) is 0 Å². The van der Waals surface area contributed by atoms with E-state index in [4.69, 9.17) is 10.2 Å². The summed E-state index contributed by atoms with van der Waals surface area (Å²) in [4.78, 5) is 22.2. The number of carboxylic acids is 2. The van der Waals surface area contributed by atoms with Crippen LogP contribution >= 0.6 is 0 Å². The lowest BCUT2D eigenvalue weighted by Gasteiger charge is -2.15. The molecular formula is C13H23NO4. The van der Waals surface area contributed by atoms with Crippen molar-refractivity contribution in [2.75, 3.05) is 14.1 Å². The van der Waals surface area contributed by atoms with E-state index in [-0.39, 0.29) is 6.04 Å². The first kappa shape index (κ1) is 18.7. The molecule has 5 nitrogen and oxygen atoms in total. The van der Waals surface area contributed by atoms with E-state index in [2.05, 4.69) is 0 Å². The molecule has 0 aliphatic rings. The summed E-state index contributed by atoms with van der Waals surface area (Å²) in [6, 6.07) is 0.172. The molecule has 0 saturated heterocycles. The van der Waals surface area contributed by atoms with Crippen LogP contribution in [0.2, 0.25) is 0 Å². The SMILES string of the molecule is CC(=CC(C)N(C)C)C(=O)O.CC=C(C)C(=O)O. The van der Waals surface area contributed by atoms with E-state index in [1.54, 1.807) is 32.9 Å². The molecule has 0 spiro atoms. The van der Waals surface area contributed by atoms with Gasteiger partial charge in [0.05, 0.1) is 0 Å². The first-order chi connectivity index (χ1) is 8.13. The Morgan fingerprint density at radius 3 is 1.61 bits per heavy atom. The highest BCUT2D eigenvalue weighted by atomic mass is 16.4. The number of hydrogen-bond donors (Lipinski definition) is 2. The van der Waals surface area contributed by atoms with Crippen LogP contribution in [0.5, 0.6) is 0 Å². The minimum atomic E-state index is -0.848. The molecule has 0 aliphatic carbocycles. The summed E-state index contributed by atoms with van der Waals surface area (Å²) < 4.78 is 0. The van der Waals surface area contributed by atoms with Gasteiger partial charge in [-0.25, -0.2) is 9.59 Å². The molecule has 0 bridgehead atoms. The quantitative estimate of drug-likeness (QED) is 0.753. The number of nitrogens with zero attached hydrogens (tertiary/aromatic N) is 1. The Hall–Kier alpha value is -1.62. The monoisotopic (exact) mass is 257 g/mol. The van der Waals surface area contributed by atoms with Gasteiger partial charge in [-0.15, -0.1) is 0 Å². The zero-order valence-corrected chi connectivity index (χ0v) is 11.9.